The second-order valence-corrected chi connectivity index (χ2v) is 3.90. The molecule has 76 valence electrons. The summed E-state index contributed by atoms with van der Waals surface area (Å²) in [4.78, 5) is 11.7. The molecule has 1 aromatic rings. The van der Waals surface area contributed by atoms with E-state index >= 15 is 0 Å². The van der Waals surface area contributed by atoms with Crippen LogP contribution in [-0.2, 0) is 6.61 Å². The first-order valence-corrected chi connectivity index (χ1v) is 4.89. The fraction of sp³-hybridized carbons (Fsp3) is 0.364. The van der Waals surface area contributed by atoms with Gasteiger partial charge in [0.25, 0.3) is 0 Å². The maximum absolute atomic E-state index is 11.7. The molecule has 2 nitrogen and oxygen atoms in total. The quantitative estimate of drug-likeness (QED) is 0.617. The van der Waals surface area contributed by atoms with Crippen molar-refractivity contribution in [2.45, 2.75) is 25.8 Å². The summed E-state index contributed by atoms with van der Waals surface area (Å²) in [5.74, 6) is -0.131. The van der Waals surface area contributed by atoms with E-state index < -0.39 is 5.38 Å². The number of Topliss-reactive ketones (excluding diaryl/α,β-unsaturated/α-hetero) is 1. The summed E-state index contributed by atoms with van der Waals surface area (Å²) in [7, 11) is 0. The van der Waals surface area contributed by atoms with Gasteiger partial charge in [-0.05, 0) is 25.0 Å². The van der Waals surface area contributed by atoms with Crippen LogP contribution in [0.5, 0.6) is 0 Å². The molecule has 0 radical (unpaired) electrons. The minimum absolute atomic E-state index is 0.131. The zero-order valence-corrected chi connectivity index (χ0v) is 9.01. The largest absolute Gasteiger partial charge is 0.392 e. The molecular weight excluding hydrogens is 200 g/mol. The predicted molar refractivity (Wildman–Crippen MR) is 56.7 cm³/mol. The molecule has 0 aromatic heterocycles. The Balaban J connectivity index is 3.23. The molecule has 3 heteroatoms. The average Bonchev–Trinajstić information content (AvgIpc) is 2.16. The molecule has 0 aliphatic rings. The van der Waals surface area contributed by atoms with Gasteiger partial charge in [0.1, 0.15) is 0 Å². The van der Waals surface area contributed by atoms with E-state index in [1.165, 1.54) is 0 Å². The van der Waals surface area contributed by atoms with Crippen LogP contribution in [0.15, 0.2) is 18.2 Å². The second-order valence-electron chi connectivity index (χ2n) is 3.25. The highest BCUT2D eigenvalue weighted by molar-refractivity contribution is 6.33. The maximum Gasteiger partial charge on any atom is 0.181 e. The lowest BCUT2D eigenvalue weighted by atomic mass is 9.97. The summed E-state index contributed by atoms with van der Waals surface area (Å²) >= 11 is 5.73. The molecule has 14 heavy (non-hydrogen) atoms. The van der Waals surface area contributed by atoms with E-state index in [0.29, 0.717) is 11.1 Å². The summed E-state index contributed by atoms with van der Waals surface area (Å²) in [5, 5.41) is 8.52. The van der Waals surface area contributed by atoms with Crippen LogP contribution >= 0.6 is 11.6 Å². The second kappa shape index (κ2) is 4.58. The van der Waals surface area contributed by atoms with Gasteiger partial charge in [0.2, 0.25) is 0 Å². The summed E-state index contributed by atoms with van der Waals surface area (Å²) in [6.07, 6.45) is 0. The Morgan fingerprint density at radius 3 is 2.71 bits per heavy atom. The third-order valence-corrected chi connectivity index (χ3v) is 2.34. The van der Waals surface area contributed by atoms with Crippen molar-refractivity contribution in [3.05, 3.63) is 34.9 Å². The summed E-state index contributed by atoms with van der Waals surface area (Å²) in [5.41, 5.74) is 2.05. The minimum Gasteiger partial charge on any atom is -0.392 e. The summed E-state index contributed by atoms with van der Waals surface area (Å²) in [6.45, 7) is 3.34. The zero-order chi connectivity index (χ0) is 10.7. The van der Waals surface area contributed by atoms with Crippen molar-refractivity contribution in [3.63, 3.8) is 0 Å². The summed E-state index contributed by atoms with van der Waals surface area (Å²) < 4.78 is 0. The van der Waals surface area contributed by atoms with Gasteiger partial charge in [0.05, 0.1) is 12.0 Å². The van der Waals surface area contributed by atoms with Crippen LogP contribution in [0, 0.1) is 6.92 Å². The van der Waals surface area contributed by atoms with Crippen LogP contribution < -0.4 is 0 Å². The van der Waals surface area contributed by atoms with Crippen LogP contribution in [-0.4, -0.2) is 16.3 Å². The highest BCUT2D eigenvalue weighted by atomic mass is 35.5. The number of ketones is 1. The van der Waals surface area contributed by atoms with E-state index in [4.69, 9.17) is 16.7 Å². The number of carbonyl (C=O) groups excluding carboxylic acids is 1. The number of aliphatic hydroxyl groups is 1. The third-order valence-electron chi connectivity index (χ3n) is 2.14. The lowest BCUT2D eigenvalue weighted by molar-refractivity contribution is 0.0988. The van der Waals surface area contributed by atoms with Crippen LogP contribution in [0.4, 0.5) is 0 Å². The smallest absolute Gasteiger partial charge is 0.181 e. The van der Waals surface area contributed by atoms with Crippen molar-refractivity contribution in [2.75, 3.05) is 0 Å². The SMILES string of the molecule is Cc1cccc(CO)c1C(=O)C(C)Cl. The molecule has 0 saturated carbocycles. The molecule has 0 fully saturated rings. The topological polar surface area (TPSA) is 37.3 Å². The molecular formula is C11H13ClO2. The first-order chi connectivity index (χ1) is 6.57. The lowest BCUT2D eigenvalue weighted by Gasteiger charge is -2.10. The molecule has 1 atom stereocenters. The van der Waals surface area contributed by atoms with Gasteiger partial charge in [-0.15, -0.1) is 11.6 Å². The van der Waals surface area contributed by atoms with Gasteiger partial charge in [-0.25, -0.2) is 0 Å². The van der Waals surface area contributed by atoms with Crippen molar-refractivity contribution < 1.29 is 9.90 Å². The Morgan fingerprint density at radius 1 is 1.57 bits per heavy atom. The van der Waals surface area contributed by atoms with Crippen LogP contribution in [0.25, 0.3) is 0 Å². The van der Waals surface area contributed by atoms with E-state index in [1.54, 1.807) is 13.0 Å². The van der Waals surface area contributed by atoms with E-state index in [1.807, 2.05) is 19.1 Å². The number of carbonyl (C=O) groups is 1. The van der Waals surface area contributed by atoms with Crippen LogP contribution in [0.2, 0.25) is 0 Å². The number of hydrogen-bond acceptors (Lipinski definition) is 2. The van der Waals surface area contributed by atoms with E-state index in [9.17, 15) is 4.79 Å². The van der Waals surface area contributed by atoms with Gasteiger partial charge in [0, 0.05) is 5.56 Å². The van der Waals surface area contributed by atoms with E-state index in [2.05, 4.69) is 0 Å². The molecule has 1 rings (SSSR count). The van der Waals surface area contributed by atoms with Gasteiger partial charge in [-0.1, -0.05) is 18.2 Å². The predicted octanol–water partition coefficient (Wildman–Crippen LogP) is 2.30. The van der Waals surface area contributed by atoms with Crippen molar-refractivity contribution in [1.82, 2.24) is 0 Å². The first-order valence-electron chi connectivity index (χ1n) is 4.45. The van der Waals surface area contributed by atoms with E-state index in [-0.39, 0.29) is 12.4 Å². The number of rotatable bonds is 3. The van der Waals surface area contributed by atoms with Crippen molar-refractivity contribution in [2.24, 2.45) is 0 Å². The highest BCUT2D eigenvalue weighted by Gasteiger charge is 2.17. The number of hydrogen-bond donors (Lipinski definition) is 1. The van der Waals surface area contributed by atoms with Gasteiger partial charge in [-0.3, -0.25) is 4.79 Å². The zero-order valence-electron chi connectivity index (χ0n) is 8.25. The fourth-order valence-electron chi connectivity index (χ4n) is 1.41. The van der Waals surface area contributed by atoms with Gasteiger partial charge in [0.15, 0.2) is 5.78 Å². The molecule has 0 amide bonds. The Labute approximate surface area is 88.5 Å². The number of aryl methyl sites for hydroxylation is 1. The Hall–Kier alpha value is -0.860. The molecule has 0 heterocycles. The standard InChI is InChI=1S/C11H13ClO2/c1-7-4-3-5-9(6-13)10(7)11(14)8(2)12/h3-5,8,13H,6H2,1-2H3. The molecule has 0 aliphatic heterocycles. The first kappa shape index (κ1) is 11.2. The number of alkyl halides is 1. The normalized spacial score (nSPS) is 12.6. The van der Waals surface area contributed by atoms with Gasteiger partial charge in [-0.2, -0.15) is 0 Å². The van der Waals surface area contributed by atoms with Crippen LogP contribution in [0.3, 0.4) is 0 Å². The maximum atomic E-state index is 11.7. The van der Waals surface area contributed by atoms with Gasteiger partial charge < -0.3 is 5.11 Å². The third kappa shape index (κ3) is 2.14. The Bertz CT molecular complexity index is 345. The van der Waals surface area contributed by atoms with Gasteiger partial charge >= 0.3 is 0 Å². The molecule has 1 unspecified atom stereocenters. The molecule has 0 bridgehead atoms. The van der Waals surface area contributed by atoms with Crippen molar-refractivity contribution in [1.29, 1.82) is 0 Å². The molecule has 0 aliphatic carbocycles. The Kier molecular flexibility index (Phi) is 3.67. The molecule has 1 N–H and O–H groups in total. The van der Waals surface area contributed by atoms with E-state index in [0.717, 1.165) is 5.56 Å². The number of aliphatic hydroxyl groups excluding tert-OH is 1. The molecule has 1 aromatic carbocycles. The average molecular weight is 213 g/mol. The number of benzene rings is 1. The highest BCUT2D eigenvalue weighted by Crippen LogP contribution is 2.18. The minimum atomic E-state index is -0.554. The molecule has 0 saturated heterocycles. The number of halogens is 1. The molecule has 0 spiro atoms. The summed E-state index contributed by atoms with van der Waals surface area (Å²) in [6, 6.07) is 5.39. The van der Waals surface area contributed by atoms with Crippen molar-refractivity contribution >= 4 is 17.4 Å². The Morgan fingerprint density at radius 2 is 2.21 bits per heavy atom. The lowest BCUT2D eigenvalue weighted by Crippen LogP contribution is -2.14. The fourth-order valence-corrected chi connectivity index (χ4v) is 1.52. The van der Waals surface area contributed by atoms with Crippen molar-refractivity contribution in [3.8, 4) is 0 Å². The van der Waals surface area contributed by atoms with Crippen LogP contribution in [0.1, 0.15) is 28.4 Å². The monoisotopic (exact) mass is 212 g/mol.